The monoisotopic (exact) mass is 260 g/mol. The van der Waals surface area contributed by atoms with Crippen LogP contribution >= 0.6 is 0 Å². The van der Waals surface area contributed by atoms with E-state index < -0.39 is 11.7 Å². The molecule has 0 radical (unpaired) electrons. The summed E-state index contributed by atoms with van der Waals surface area (Å²) >= 11 is 0. The first-order chi connectivity index (χ1) is 9.20. The molecule has 4 nitrogen and oxygen atoms in total. The van der Waals surface area contributed by atoms with Gasteiger partial charge in [0.2, 0.25) is 0 Å². The second-order valence-corrected chi connectivity index (χ2v) is 3.77. The fourth-order valence-electron chi connectivity index (χ4n) is 1.59. The van der Waals surface area contributed by atoms with Gasteiger partial charge in [-0.2, -0.15) is 0 Å². The highest BCUT2D eigenvalue weighted by Crippen LogP contribution is 2.18. The number of hydrogen-bond acceptors (Lipinski definition) is 3. The van der Waals surface area contributed by atoms with Gasteiger partial charge < -0.3 is 10.1 Å². The van der Waals surface area contributed by atoms with E-state index in [0.29, 0.717) is 18.0 Å². The molecule has 0 saturated carbocycles. The first-order valence-electron chi connectivity index (χ1n) is 5.84. The van der Waals surface area contributed by atoms with Gasteiger partial charge in [-0.05, 0) is 25.1 Å². The molecule has 19 heavy (non-hydrogen) atoms. The SMILES string of the molecule is CCOc1cccc(NC(=O)c2ccncc2F)c1. The number of pyridine rings is 1. The molecular weight excluding hydrogens is 247 g/mol. The largest absolute Gasteiger partial charge is 0.494 e. The molecule has 0 atom stereocenters. The van der Waals surface area contributed by atoms with Gasteiger partial charge in [-0.1, -0.05) is 6.07 Å². The molecule has 2 aromatic rings. The highest BCUT2D eigenvalue weighted by Gasteiger charge is 2.11. The number of ether oxygens (including phenoxy) is 1. The predicted molar refractivity (Wildman–Crippen MR) is 69.8 cm³/mol. The zero-order chi connectivity index (χ0) is 13.7. The number of rotatable bonds is 4. The van der Waals surface area contributed by atoms with Crippen LogP contribution in [0.3, 0.4) is 0 Å². The molecule has 1 N–H and O–H groups in total. The minimum Gasteiger partial charge on any atom is -0.494 e. The van der Waals surface area contributed by atoms with E-state index in [-0.39, 0.29) is 5.56 Å². The molecule has 0 spiro atoms. The highest BCUT2D eigenvalue weighted by molar-refractivity contribution is 6.04. The van der Waals surface area contributed by atoms with E-state index in [1.54, 1.807) is 24.3 Å². The van der Waals surface area contributed by atoms with Crippen molar-refractivity contribution < 1.29 is 13.9 Å². The molecule has 0 saturated heterocycles. The number of anilines is 1. The lowest BCUT2D eigenvalue weighted by atomic mass is 10.2. The van der Waals surface area contributed by atoms with Crippen molar-refractivity contribution in [2.24, 2.45) is 0 Å². The number of nitrogens with one attached hydrogen (secondary N) is 1. The zero-order valence-electron chi connectivity index (χ0n) is 10.4. The highest BCUT2D eigenvalue weighted by atomic mass is 19.1. The van der Waals surface area contributed by atoms with E-state index in [1.807, 2.05) is 6.92 Å². The standard InChI is InChI=1S/C14H13FN2O2/c1-2-19-11-5-3-4-10(8-11)17-14(18)12-6-7-16-9-13(12)15/h3-9H,2H2,1H3,(H,17,18). The summed E-state index contributed by atoms with van der Waals surface area (Å²) in [6, 6.07) is 8.26. The number of aromatic nitrogens is 1. The molecule has 1 aromatic heterocycles. The maximum absolute atomic E-state index is 13.4. The lowest BCUT2D eigenvalue weighted by Crippen LogP contribution is -2.13. The number of carbonyl (C=O) groups is 1. The molecule has 1 aromatic carbocycles. The third-order valence-electron chi connectivity index (χ3n) is 2.42. The Morgan fingerprint density at radius 2 is 2.26 bits per heavy atom. The third kappa shape index (κ3) is 3.28. The average Bonchev–Trinajstić information content (AvgIpc) is 2.40. The predicted octanol–water partition coefficient (Wildman–Crippen LogP) is 2.87. The van der Waals surface area contributed by atoms with Gasteiger partial charge in [-0.3, -0.25) is 9.78 Å². The Hall–Kier alpha value is -2.43. The Balaban J connectivity index is 2.15. The zero-order valence-corrected chi connectivity index (χ0v) is 10.4. The molecule has 0 aliphatic heterocycles. The average molecular weight is 260 g/mol. The summed E-state index contributed by atoms with van der Waals surface area (Å²) in [5.41, 5.74) is 0.504. The van der Waals surface area contributed by atoms with Crippen molar-refractivity contribution in [1.29, 1.82) is 0 Å². The minimum atomic E-state index is -0.652. The molecule has 0 fully saturated rings. The van der Waals surface area contributed by atoms with E-state index in [4.69, 9.17) is 4.74 Å². The van der Waals surface area contributed by atoms with Gasteiger partial charge in [0.25, 0.3) is 5.91 Å². The van der Waals surface area contributed by atoms with Crippen LogP contribution in [0.15, 0.2) is 42.7 Å². The summed E-state index contributed by atoms with van der Waals surface area (Å²) in [6.45, 7) is 2.41. The van der Waals surface area contributed by atoms with Crippen molar-refractivity contribution in [3.05, 3.63) is 54.1 Å². The fraction of sp³-hybridized carbons (Fsp3) is 0.143. The maximum Gasteiger partial charge on any atom is 0.258 e. The number of benzene rings is 1. The smallest absolute Gasteiger partial charge is 0.258 e. The molecule has 0 bridgehead atoms. The van der Waals surface area contributed by atoms with Gasteiger partial charge in [-0.15, -0.1) is 0 Å². The third-order valence-corrected chi connectivity index (χ3v) is 2.42. The maximum atomic E-state index is 13.4. The van der Waals surface area contributed by atoms with Crippen molar-refractivity contribution in [3.8, 4) is 5.75 Å². The fourth-order valence-corrected chi connectivity index (χ4v) is 1.59. The Morgan fingerprint density at radius 3 is 3.00 bits per heavy atom. The first kappa shape index (κ1) is 13.0. The van der Waals surface area contributed by atoms with Crippen LogP contribution in [0.4, 0.5) is 10.1 Å². The van der Waals surface area contributed by atoms with E-state index in [0.717, 1.165) is 6.20 Å². The van der Waals surface area contributed by atoms with Crippen LogP contribution in [0.5, 0.6) is 5.75 Å². The molecule has 98 valence electrons. The van der Waals surface area contributed by atoms with Crippen LogP contribution < -0.4 is 10.1 Å². The van der Waals surface area contributed by atoms with Crippen molar-refractivity contribution in [3.63, 3.8) is 0 Å². The van der Waals surface area contributed by atoms with E-state index in [9.17, 15) is 9.18 Å². The first-order valence-corrected chi connectivity index (χ1v) is 5.84. The molecule has 0 aliphatic rings. The van der Waals surface area contributed by atoms with Gasteiger partial charge in [0.15, 0.2) is 5.82 Å². The van der Waals surface area contributed by atoms with Crippen molar-refractivity contribution in [1.82, 2.24) is 4.98 Å². The molecule has 0 unspecified atom stereocenters. The van der Waals surface area contributed by atoms with Crippen molar-refractivity contribution in [2.45, 2.75) is 6.92 Å². The molecule has 1 heterocycles. The van der Waals surface area contributed by atoms with Crippen LogP contribution in [0.1, 0.15) is 17.3 Å². The Bertz CT molecular complexity index is 587. The topological polar surface area (TPSA) is 51.2 Å². The second kappa shape index (κ2) is 5.95. The van der Waals surface area contributed by atoms with Crippen molar-refractivity contribution >= 4 is 11.6 Å². The van der Waals surface area contributed by atoms with Crippen LogP contribution in [0.2, 0.25) is 0 Å². The summed E-state index contributed by atoms with van der Waals surface area (Å²) in [5, 5.41) is 2.61. The van der Waals surface area contributed by atoms with E-state index in [1.165, 1.54) is 12.3 Å². The number of amides is 1. The van der Waals surface area contributed by atoms with Gasteiger partial charge in [0, 0.05) is 18.0 Å². The number of hydrogen-bond donors (Lipinski definition) is 1. The molecule has 1 amide bonds. The number of nitrogens with zero attached hydrogens (tertiary/aromatic N) is 1. The molecule has 5 heteroatoms. The van der Waals surface area contributed by atoms with Crippen LogP contribution in [0, 0.1) is 5.82 Å². The molecule has 2 rings (SSSR count). The van der Waals surface area contributed by atoms with E-state index in [2.05, 4.69) is 10.3 Å². The lowest BCUT2D eigenvalue weighted by molar-refractivity contribution is 0.102. The minimum absolute atomic E-state index is 0.0446. The summed E-state index contributed by atoms with van der Waals surface area (Å²) in [4.78, 5) is 15.5. The summed E-state index contributed by atoms with van der Waals surface area (Å²) in [6.07, 6.45) is 2.38. The summed E-state index contributed by atoms with van der Waals surface area (Å²) < 4.78 is 18.7. The summed E-state index contributed by atoms with van der Waals surface area (Å²) in [7, 11) is 0. The van der Waals surface area contributed by atoms with E-state index >= 15 is 0 Å². The Morgan fingerprint density at radius 1 is 1.42 bits per heavy atom. The van der Waals surface area contributed by atoms with Crippen LogP contribution in [-0.2, 0) is 0 Å². The van der Waals surface area contributed by atoms with Gasteiger partial charge in [-0.25, -0.2) is 4.39 Å². The Kier molecular flexibility index (Phi) is 4.07. The van der Waals surface area contributed by atoms with Crippen LogP contribution in [-0.4, -0.2) is 17.5 Å². The number of halogens is 1. The summed E-state index contributed by atoms with van der Waals surface area (Å²) in [5.74, 6) is -0.523. The van der Waals surface area contributed by atoms with Gasteiger partial charge in [0.1, 0.15) is 5.75 Å². The van der Waals surface area contributed by atoms with Gasteiger partial charge in [0.05, 0.1) is 18.4 Å². The van der Waals surface area contributed by atoms with Gasteiger partial charge >= 0.3 is 0 Å². The second-order valence-electron chi connectivity index (χ2n) is 3.77. The van der Waals surface area contributed by atoms with Crippen LogP contribution in [0.25, 0.3) is 0 Å². The van der Waals surface area contributed by atoms with Crippen molar-refractivity contribution in [2.75, 3.05) is 11.9 Å². The Labute approximate surface area is 110 Å². The molecule has 0 aliphatic carbocycles. The quantitative estimate of drug-likeness (QED) is 0.919. The lowest BCUT2D eigenvalue weighted by Gasteiger charge is -2.08. The normalized spacial score (nSPS) is 10.0. The number of carbonyl (C=O) groups excluding carboxylic acids is 1. The molecular formula is C14H13FN2O2.